The maximum Gasteiger partial charge on any atom is 0.226 e. The van der Waals surface area contributed by atoms with Crippen LogP contribution in [0.4, 0.5) is 0 Å². The molecule has 23 heavy (non-hydrogen) atoms. The van der Waals surface area contributed by atoms with Gasteiger partial charge in [0.1, 0.15) is 5.01 Å². The first-order chi connectivity index (χ1) is 11.1. The maximum absolute atomic E-state index is 12.2. The monoisotopic (exact) mass is 406 g/mol. The predicted octanol–water partition coefficient (Wildman–Crippen LogP) is 5.05. The number of carbonyl (C=O) groups excluding carboxylic acids is 1. The zero-order valence-electron chi connectivity index (χ0n) is 12.5. The van der Waals surface area contributed by atoms with Crippen molar-refractivity contribution in [3.63, 3.8) is 0 Å². The van der Waals surface area contributed by atoms with Crippen LogP contribution in [0.3, 0.4) is 0 Å². The van der Waals surface area contributed by atoms with Crippen molar-refractivity contribution < 1.29 is 4.79 Å². The Morgan fingerprint density at radius 2 is 2.22 bits per heavy atom. The number of halogens is 1. The van der Waals surface area contributed by atoms with E-state index >= 15 is 0 Å². The molecule has 0 spiro atoms. The molecule has 1 aromatic carbocycles. The van der Waals surface area contributed by atoms with E-state index < -0.39 is 0 Å². The molecular weight excluding hydrogens is 392 g/mol. The Bertz CT molecular complexity index is 799. The largest absolute Gasteiger partial charge is 0.349 e. The van der Waals surface area contributed by atoms with Crippen LogP contribution in [-0.4, -0.2) is 10.9 Å². The second-order valence-corrected chi connectivity index (χ2v) is 7.73. The van der Waals surface area contributed by atoms with Crippen molar-refractivity contribution in [1.82, 2.24) is 10.3 Å². The molecule has 2 heterocycles. The third-order valence-corrected chi connectivity index (χ3v) is 5.50. The molecule has 3 aromatic rings. The average Bonchev–Trinajstić information content (AvgIpc) is 3.17. The highest BCUT2D eigenvalue weighted by molar-refractivity contribution is 9.10. The van der Waals surface area contributed by atoms with E-state index in [0.29, 0.717) is 6.42 Å². The zero-order valence-corrected chi connectivity index (χ0v) is 15.7. The molecule has 1 amide bonds. The fourth-order valence-corrected chi connectivity index (χ4v) is 4.17. The molecule has 0 unspecified atom stereocenters. The molecule has 3 rings (SSSR count). The lowest BCUT2D eigenvalue weighted by atomic mass is 10.1. The van der Waals surface area contributed by atoms with E-state index in [4.69, 9.17) is 0 Å². The first kappa shape index (κ1) is 16.4. The third-order valence-electron chi connectivity index (χ3n) is 3.39. The van der Waals surface area contributed by atoms with Crippen molar-refractivity contribution in [2.24, 2.45) is 0 Å². The highest BCUT2D eigenvalue weighted by atomic mass is 79.9. The molecule has 0 fully saturated rings. The van der Waals surface area contributed by atoms with Gasteiger partial charge in [0, 0.05) is 20.8 Å². The number of carbonyl (C=O) groups is 1. The number of amides is 1. The predicted molar refractivity (Wildman–Crippen MR) is 99.8 cm³/mol. The van der Waals surface area contributed by atoms with Crippen LogP contribution in [0, 0.1) is 0 Å². The SMILES string of the molecule is C[C@H](NC(=O)Cc1csc(-c2ccsc2)n1)c1cccc(Br)c1. The minimum Gasteiger partial charge on any atom is -0.349 e. The Balaban J connectivity index is 1.61. The summed E-state index contributed by atoms with van der Waals surface area (Å²) in [6, 6.07) is 9.97. The number of benzene rings is 1. The van der Waals surface area contributed by atoms with Gasteiger partial charge in [-0.25, -0.2) is 4.98 Å². The summed E-state index contributed by atoms with van der Waals surface area (Å²) < 4.78 is 1.01. The number of hydrogen-bond donors (Lipinski definition) is 1. The molecule has 2 aromatic heterocycles. The number of hydrogen-bond acceptors (Lipinski definition) is 4. The number of aromatic nitrogens is 1. The number of thiazole rings is 1. The normalized spacial score (nSPS) is 12.1. The van der Waals surface area contributed by atoms with Gasteiger partial charge < -0.3 is 5.32 Å². The summed E-state index contributed by atoms with van der Waals surface area (Å²) in [5.41, 5.74) is 3.01. The minimum atomic E-state index is -0.0324. The first-order valence-electron chi connectivity index (χ1n) is 7.13. The molecule has 0 bridgehead atoms. The Hall–Kier alpha value is -1.50. The molecule has 0 aliphatic carbocycles. The van der Waals surface area contributed by atoms with Gasteiger partial charge in [-0.15, -0.1) is 11.3 Å². The first-order valence-corrected chi connectivity index (χ1v) is 9.75. The van der Waals surface area contributed by atoms with E-state index in [1.165, 1.54) is 0 Å². The van der Waals surface area contributed by atoms with Crippen molar-refractivity contribution >= 4 is 44.5 Å². The van der Waals surface area contributed by atoms with Crippen molar-refractivity contribution in [3.05, 3.63) is 62.2 Å². The van der Waals surface area contributed by atoms with Gasteiger partial charge in [-0.05, 0) is 36.1 Å². The van der Waals surface area contributed by atoms with Gasteiger partial charge in [-0.1, -0.05) is 28.1 Å². The molecule has 0 aliphatic rings. The van der Waals surface area contributed by atoms with Gasteiger partial charge in [0.05, 0.1) is 18.2 Å². The highest BCUT2D eigenvalue weighted by Gasteiger charge is 2.13. The summed E-state index contributed by atoms with van der Waals surface area (Å²) in [5.74, 6) is -0.0142. The lowest BCUT2D eigenvalue weighted by molar-refractivity contribution is -0.121. The van der Waals surface area contributed by atoms with Crippen molar-refractivity contribution in [3.8, 4) is 10.6 Å². The summed E-state index contributed by atoms with van der Waals surface area (Å²) >= 11 is 6.68. The van der Waals surface area contributed by atoms with E-state index in [1.54, 1.807) is 22.7 Å². The maximum atomic E-state index is 12.2. The Morgan fingerprint density at radius 1 is 1.35 bits per heavy atom. The van der Waals surface area contributed by atoms with Crippen LogP contribution in [-0.2, 0) is 11.2 Å². The lowest BCUT2D eigenvalue weighted by Gasteiger charge is -2.14. The van der Waals surface area contributed by atoms with Crippen LogP contribution in [0.15, 0.2) is 50.9 Å². The Morgan fingerprint density at radius 3 is 2.96 bits per heavy atom. The molecule has 0 saturated carbocycles. The van der Waals surface area contributed by atoms with Crippen LogP contribution in [0.1, 0.15) is 24.2 Å². The van der Waals surface area contributed by atoms with Crippen molar-refractivity contribution in [2.75, 3.05) is 0 Å². The Labute approximate surface area is 151 Å². The number of thiophene rings is 1. The van der Waals surface area contributed by atoms with Gasteiger partial charge in [0.15, 0.2) is 0 Å². The van der Waals surface area contributed by atoms with E-state index in [9.17, 15) is 4.79 Å². The van der Waals surface area contributed by atoms with Gasteiger partial charge in [-0.2, -0.15) is 11.3 Å². The zero-order chi connectivity index (χ0) is 16.2. The topological polar surface area (TPSA) is 42.0 Å². The molecule has 3 nitrogen and oxygen atoms in total. The molecule has 0 saturated heterocycles. The van der Waals surface area contributed by atoms with Gasteiger partial charge in [0.2, 0.25) is 5.91 Å². The van der Waals surface area contributed by atoms with Gasteiger partial charge in [0.25, 0.3) is 0 Å². The van der Waals surface area contributed by atoms with Crippen LogP contribution in [0.5, 0.6) is 0 Å². The third kappa shape index (κ3) is 4.28. The number of nitrogens with one attached hydrogen (secondary N) is 1. The summed E-state index contributed by atoms with van der Waals surface area (Å²) in [5, 5.41) is 10.0. The molecule has 1 N–H and O–H groups in total. The van der Waals surface area contributed by atoms with E-state index in [1.807, 2.05) is 48.0 Å². The van der Waals surface area contributed by atoms with E-state index in [2.05, 4.69) is 31.6 Å². The van der Waals surface area contributed by atoms with E-state index in [0.717, 1.165) is 26.3 Å². The number of rotatable bonds is 5. The highest BCUT2D eigenvalue weighted by Crippen LogP contribution is 2.26. The van der Waals surface area contributed by atoms with E-state index in [-0.39, 0.29) is 11.9 Å². The standard InChI is InChI=1S/C17H15BrN2OS2/c1-11(12-3-2-4-14(18)7-12)19-16(21)8-15-10-23-17(20-15)13-5-6-22-9-13/h2-7,9-11H,8H2,1H3,(H,19,21)/t11-/m0/s1. The fourth-order valence-electron chi connectivity index (χ4n) is 2.22. The summed E-state index contributed by atoms with van der Waals surface area (Å²) in [7, 11) is 0. The van der Waals surface area contributed by atoms with Gasteiger partial charge in [-0.3, -0.25) is 4.79 Å². The average molecular weight is 407 g/mol. The molecule has 0 aliphatic heterocycles. The van der Waals surface area contributed by atoms with Crippen LogP contribution < -0.4 is 5.32 Å². The van der Waals surface area contributed by atoms with Crippen LogP contribution >= 0.6 is 38.6 Å². The molecule has 118 valence electrons. The summed E-state index contributed by atoms with van der Waals surface area (Å²) in [6.07, 6.45) is 0.305. The quantitative estimate of drug-likeness (QED) is 0.643. The summed E-state index contributed by atoms with van der Waals surface area (Å²) in [4.78, 5) is 16.8. The Kier molecular flexibility index (Phi) is 5.25. The van der Waals surface area contributed by atoms with Crippen LogP contribution in [0.25, 0.3) is 10.6 Å². The lowest BCUT2D eigenvalue weighted by Crippen LogP contribution is -2.28. The van der Waals surface area contributed by atoms with Crippen LogP contribution in [0.2, 0.25) is 0 Å². The molecular formula is C17H15BrN2OS2. The van der Waals surface area contributed by atoms with Gasteiger partial charge >= 0.3 is 0 Å². The summed E-state index contributed by atoms with van der Waals surface area (Å²) in [6.45, 7) is 1.98. The second-order valence-electron chi connectivity index (χ2n) is 5.18. The molecule has 1 atom stereocenters. The van der Waals surface area contributed by atoms with Crippen molar-refractivity contribution in [1.29, 1.82) is 0 Å². The molecule has 0 radical (unpaired) electrons. The minimum absolute atomic E-state index is 0.0142. The second kappa shape index (κ2) is 7.38. The van der Waals surface area contributed by atoms with Crippen molar-refractivity contribution in [2.45, 2.75) is 19.4 Å². The smallest absolute Gasteiger partial charge is 0.226 e. The fraction of sp³-hybridized carbons (Fsp3) is 0.176. The number of nitrogens with zero attached hydrogens (tertiary/aromatic N) is 1. The molecule has 6 heteroatoms.